The minimum absolute atomic E-state index is 0.0160. The molecule has 28 heavy (non-hydrogen) atoms. The van der Waals surface area contributed by atoms with Crippen LogP contribution in [0, 0.1) is 0 Å². The molecule has 3 aromatic rings. The van der Waals surface area contributed by atoms with Crippen LogP contribution in [0.15, 0.2) is 59.5 Å². The Morgan fingerprint density at radius 1 is 1.11 bits per heavy atom. The number of aromatic nitrogens is 3. The van der Waals surface area contributed by atoms with Crippen LogP contribution in [0.3, 0.4) is 0 Å². The monoisotopic (exact) mass is 392 g/mol. The van der Waals surface area contributed by atoms with Crippen molar-refractivity contribution < 1.29 is 0 Å². The van der Waals surface area contributed by atoms with Crippen molar-refractivity contribution in [3.8, 4) is 11.4 Å². The lowest BCUT2D eigenvalue weighted by atomic mass is 9.89. The number of anilines is 1. The van der Waals surface area contributed by atoms with E-state index in [0.717, 1.165) is 42.4 Å². The average molecular weight is 393 g/mol. The summed E-state index contributed by atoms with van der Waals surface area (Å²) in [7, 11) is 0. The van der Waals surface area contributed by atoms with Gasteiger partial charge in [0.2, 0.25) is 5.95 Å². The van der Waals surface area contributed by atoms with Gasteiger partial charge in [-0.3, -0.25) is 0 Å². The molecule has 0 saturated carbocycles. The maximum absolute atomic E-state index is 4.85. The van der Waals surface area contributed by atoms with Gasteiger partial charge in [-0.05, 0) is 43.9 Å². The molecule has 1 N–H and O–H groups in total. The van der Waals surface area contributed by atoms with Crippen LogP contribution in [0.5, 0.6) is 0 Å². The Hall–Kier alpha value is -2.27. The fourth-order valence-corrected chi connectivity index (χ4v) is 4.68. The minimum atomic E-state index is -0.0160. The van der Waals surface area contributed by atoms with E-state index in [1.54, 1.807) is 0 Å². The van der Waals surface area contributed by atoms with Crippen molar-refractivity contribution in [2.24, 2.45) is 0 Å². The summed E-state index contributed by atoms with van der Waals surface area (Å²) in [5.41, 5.74) is 2.43. The number of hydrogen-bond donors (Lipinski definition) is 1. The number of fused-ring (bicyclic) bond motifs is 1. The maximum Gasteiger partial charge on any atom is 0.222 e. The number of benzene rings is 2. The Kier molecular flexibility index (Phi) is 5.44. The number of aryl methyl sites for hydroxylation is 1. The molecule has 1 aromatic heterocycles. The van der Waals surface area contributed by atoms with Gasteiger partial charge in [-0.1, -0.05) is 56.3 Å². The molecule has 0 saturated heterocycles. The summed E-state index contributed by atoms with van der Waals surface area (Å²) in [6.45, 7) is 6.74. The van der Waals surface area contributed by atoms with Gasteiger partial charge in [0.25, 0.3) is 0 Å². The molecule has 146 valence electrons. The van der Waals surface area contributed by atoms with Crippen molar-refractivity contribution in [1.29, 1.82) is 0 Å². The zero-order valence-corrected chi connectivity index (χ0v) is 17.7. The van der Waals surface area contributed by atoms with E-state index in [-0.39, 0.29) is 5.54 Å². The van der Waals surface area contributed by atoms with Gasteiger partial charge in [-0.25, -0.2) is 4.68 Å². The molecule has 5 heteroatoms. The topological polar surface area (TPSA) is 42.7 Å². The molecule has 4 nitrogen and oxygen atoms in total. The van der Waals surface area contributed by atoms with Gasteiger partial charge >= 0.3 is 0 Å². The van der Waals surface area contributed by atoms with Crippen LogP contribution in [0.4, 0.5) is 5.95 Å². The van der Waals surface area contributed by atoms with Crippen molar-refractivity contribution in [2.45, 2.75) is 56.5 Å². The van der Waals surface area contributed by atoms with Gasteiger partial charge < -0.3 is 5.32 Å². The van der Waals surface area contributed by atoms with Crippen molar-refractivity contribution >= 4 is 17.7 Å². The van der Waals surface area contributed by atoms with Gasteiger partial charge in [0.05, 0.1) is 5.54 Å². The molecular weight excluding hydrogens is 364 g/mol. The van der Waals surface area contributed by atoms with Crippen molar-refractivity contribution in [3.05, 3.63) is 60.2 Å². The molecule has 0 aliphatic carbocycles. The Labute approximate surface area is 171 Å². The lowest BCUT2D eigenvalue weighted by molar-refractivity contribution is 0.231. The van der Waals surface area contributed by atoms with Gasteiger partial charge in [0.1, 0.15) is 0 Å². The number of rotatable bonds is 6. The number of nitrogens with one attached hydrogen (secondary N) is 1. The zero-order valence-electron chi connectivity index (χ0n) is 16.9. The smallest absolute Gasteiger partial charge is 0.222 e. The van der Waals surface area contributed by atoms with Crippen molar-refractivity contribution in [2.75, 3.05) is 11.1 Å². The molecule has 4 rings (SSSR count). The third kappa shape index (κ3) is 3.81. The fraction of sp³-hybridized carbons (Fsp3) is 0.391. The molecule has 2 heterocycles. The minimum Gasteiger partial charge on any atom is -0.351 e. The van der Waals surface area contributed by atoms with E-state index in [2.05, 4.69) is 67.2 Å². The van der Waals surface area contributed by atoms with Crippen LogP contribution in [-0.4, -0.2) is 26.6 Å². The highest BCUT2D eigenvalue weighted by Gasteiger charge is 2.37. The SMILES string of the molecule is CCc1ccc(SCC2CC(C)(CC)n3nc(-c4ccccc4)nc3N2)cc1. The molecule has 2 atom stereocenters. The molecule has 0 amide bonds. The third-order valence-electron chi connectivity index (χ3n) is 5.71. The Morgan fingerprint density at radius 2 is 1.86 bits per heavy atom. The molecule has 0 bridgehead atoms. The molecule has 1 aliphatic rings. The van der Waals surface area contributed by atoms with Gasteiger partial charge in [0.15, 0.2) is 5.82 Å². The van der Waals surface area contributed by atoms with Gasteiger partial charge in [-0.15, -0.1) is 16.9 Å². The molecule has 0 fully saturated rings. The summed E-state index contributed by atoms with van der Waals surface area (Å²) < 4.78 is 2.10. The standard InChI is InChI=1S/C23H28N4S/c1-4-17-11-13-20(14-12-17)28-16-19-15-23(3,5-2)27-22(24-19)25-21(26-27)18-9-7-6-8-10-18/h6-14,19H,4-5,15-16H2,1-3H3,(H,24,25,26). The van der Waals surface area contributed by atoms with Crippen LogP contribution in [0.25, 0.3) is 11.4 Å². The van der Waals surface area contributed by atoms with E-state index >= 15 is 0 Å². The van der Waals surface area contributed by atoms with Crippen LogP contribution >= 0.6 is 11.8 Å². The van der Waals surface area contributed by atoms with Gasteiger partial charge in [-0.2, -0.15) is 4.98 Å². The van der Waals surface area contributed by atoms with E-state index in [0.29, 0.717) is 6.04 Å². The predicted molar refractivity (Wildman–Crippen MR) is 118 cm³/mol. The molecule has 2 unspecified atom stereocenters. The Balaban J connectivity index is 1.52. The summed E-state index contributed by atoms with van der Waals surface area (Å²) in [6, 6.07) is 19.5. The Bertz CT molecular complexity index is 920. The van der Waals surface area contributed by atoms with Crippen LogP contribution in [0.2, 0.25) is 0 Å². The van der Waals surface area contributed by atoms with Crippen LogP contribution < -0.4 is 5.32 Å². The van der Waals surface area contributed by atoms with Crippen LogP contribution in [-0.2, 0) is 12.0 Å². The lowest BCUT2D eigenvalue weighted by Gasteiger charge is -2.38. The highest BCUT2D eigenvalue weighted by molar-refractivity contribution is 7.99. The maximum atomic E-state index is 4.85. The van der Waals surface area contributed by atoms with E-state index in [4.69, 9.17) is 10.1 Å². The zero-order chi connectivity index (χ0) is 19.6. The summed E-state index contributed by atoms with van der Waals surface area (Å²) in [5.74, 6) is 2.71. The van der Waals surface area contributed by atoms with E-state index in [1.807, 2.05) is 30.0 Å². The first-order chi connectivity index (χ1) is 13.6. The van der Waals surface area contributed by atoms with E-state index < -0.39 is 0 Å². The second-order valence-corrected chi connectivity index (χ2v) is 8.83. The molecule has 2 aromatic carbocycles. The highest BCUT2D eigenvalue weighted by Crippen LogP contribution is 2.36. The summed E-state index contributed by atoms with van der Waals surface area (Å²) in [5, 5.41) is 8.49. The molecule has 0 spiro atoms. The predicted octanol–water partition coefficient (Wildman–Crippen LogP) is 5.61. The largest absolute Gasteiger partial charge is 0.351 e. The van der Waals surface area contributed by atoms with Crippen molar-refractivity contribution in [1.82, 2.24) is 14.8 Å². The quantitative estimate of drug-likeness (QED) is 0.554. The summed E-state index contributed by atoms with van der Waals surface area (Å²) in [4.78, 5) is 6.15. The highest BCUT2D eigenvalue weighted by atomic mass is 32.2. The molecule has 0 radical (unpaired) electrons. The van der Waals surface area contributed by atoms with E-state index in [1.165, 1.54) is 10.5 Å². The second kappa shape index (κ2) is 8.00. The first-order valence-corrected chi connectivity index (χ1v) is 11.1. The Morgan fingerprint density at radius 3 is 2.54 bits per heavy atom. The summed E-state index contributed by atoms with van der Waals surface area (Å²) in [6.07, 6.45) is 3.17. The lowest BCUT2D eigenvalue weighted by Crippen LogP contribution is -2.44. The average Bonchev–Trinajstić information content (AvgIpc) is 3.18. The molecular formula is C23H28N4S. The van der Waals surface area contributed by atoms with Gasteiger partial charge in [0, 0.05) is 22.3 Å². The number of nitrogens with zero attached hydrogens (tertiary/aromatic N) is 3. The second-order valence-electron chi connectivity index (χ2n) is 7.74. The number of thioether (sulfide) groups is 1. The normalized spacial score (nSPS) is 21.2. The van der Waals surface area contributed by atoms with Crippen molar-refractivity contribution in [3.63, 3.8) is 0 Å². The van der Waals surface area contributed by atoms with Crippen LogP contribution in [0.1, 0.15) is 39.2 Å². The molecule has 1 aliphatic heterocycles. The summed E-state index contributed by atoms with van der Waals surface area (Å²) >= 11 is 1.92. The van der Waals surface area contributed by atoms with E-state index in [9.17, 15) is 0 Å². The fourth-order valence-electron chi connectivity index (χ4n) is 3.76. The number of hydrogen-bond acceptors (Lipinski definition) is 4. The first-order valence-electron chi connectivity index (χ1n) is 10.1. The third-order valence-corrected chi connectivity index (χ3v) is 6.89. The first kappa shape index (κ1) is 19.1.